The predicted octanol–water partition coefficient (Wildman–Crippen LogP) is 0.855. The molecule has 1 aromatic carbocycles. The van der Waals surface area contributed by atoms with E-state index in [-0.39, 0.29) is 17.3 Å². The fourth-order valence-electron chi connectivity index (χ4n) is 3.01. The molecule has 170 valence electrons. The lowest BCUT2D eigenvalue weighted by atomic mass is 10.2. The Kier molecular flexibility index (Phi) is 7.33. The number of nitrogens with two attached hydrogens (primary N) is 1. The highest BCUT2D eigenvalue weighted by Gasteiger charge is 2.25. The van der Waals surface area contributed by atoms with Crippen LogP contribution in [0.4, 0.5) is 5.82 Å². The van der Waals surface area contributed by atoms with Gasteiger partial charge in [-0.2, -0.15) is 9.78 Å². The molecule has 0 unspecified atom stereocenters. The highest BCUT2D eigenvalue weighted by Crippen LogP contribution is 2.29. The molecule has 0 aliphatic rings. The number of nitrogen functional groups attached to an aromatic ring is 1. The average Bonchev–Trinajstić information content (AvgIpc) is 3.42. The number of aromatic nitrogens is 5. The van der Waals surface area contributed by atoms with Gasteiger partial charge in [-0.25, -0.2) is 10.1 Å². The minimum Gasteiger partial charge on any atom is -0.493 e. The third-order valence-electron chi connectivity index (χ3n) is 4.75. The molecule has 3 rings (SSSR count). The van der Waals surface area contributed by atoms with Gasteiger partial charge in [0.05, 0.1) is 26.1 Å². The molecule has 0 aliphatic heterocycles. The molecule has 2 aromatic heterocycles. The van der Waals surface area contributed by atoms with Crippen molar-refractivity contribution in [2.24, 2.45) is 5.10 Å². The first-order chi connectivity index (χ1) is 15.5. The van der Waals surface area contributed by atoms with Crippen molar-refractivity contribution in [2.45, 2.75) is 20.4 Å². The zero-order valence-electron chi connectivity index (χ0n) is 18.3. The molecule has 2 heterocycles. The van der Waals surface area contributed by atoms with Crippen LogP contribution in [0.1, 0.15) is 35.6 Å². The first-order valence-electron chi connectivity index (χ1n) is 9.83. The molecule has 0 bridgehead atoms. The lowest BCUT2D eigenvalue weighted by Gasteiger charge is -2.18. The second kappa shape index (κ2) is 10.3. The summed E-state index contributed by atoms with van der Waals surface area (Å²) < 4.78 is 16.6. The summed E-state index contributed by atoms with van der Waals surface area (Å²) in [7, 11) is 3.06. The number of amides is 1. The number of hydrogen-bond donors (Lipinski definition) is 2. The summed E-state index contributed by atoms with van der Waals surface area (Å²) in [6.07, 6.45) is 1.45. The molecule has 32 heavy (non-hydrogen) atoms. The predicted molar refractivity (Wildman–Crippen MR) is 115 cm³/mol. The van der Waals surface area contributed by atoms with Crippen LogP contribution in [0, 0.1) is 0 Å². The minimum absolute atomic E-state index is 0.0331. The Labute approximate surface area is 184 Å². The Hall–Kier alpha value is -4.00. The average molecular weight is 443 g/mol. The van der Waals surface area contributed by atoms with Crippen LogP contribution in [0.2, 0.25) is 0 Å². The summed E-state index contributed by atoms with van der Waals surface area (Å²) in [6, 6.07) is 5.32. The number of nitrogens with one attached hydrogen (secondary N) is 1. The molecule has 13 heteroatoms. The van der Waals surface area contributed by atoms with E-state index in [0.29, 0.717) is 29.3 Å². The summed E-state index contributed by atoms with van der Waals surface area (Å²) in [5, 5.41) is 19.4. The molecule has 0 fully saturated rings. The van der Waals surface area contributed by atoms with E-state index in [1.807, 2.05) is 13.8 Å². The fraction of sp³-hybridized carbons (Fsp3) is 0.368. The van der Waals surface area contributed by atoms with E-state index in [9.17, 15) is 4.79 Å². The molecule has 0 radical (unpaired) electrons. The Morgan fingerprint density at radius 1 is 1.28 bits per heavy atom. The Morgan fingerprint density at radius 3 is 2.69 bits per heavy atom. The molecule has 0 atom stereocenters. The number of nitrogens with zero attached hydrogens (tertiary/aromatic N) is 7. The van der Waals surface area contributed by atoms with Crippen molar-refractivity contribution in [3.63, 3.8) is 0 Å². The smallest absolute Gasteiger partial charge is 0.293 e. The number of carbonyl (C=O) groups is 1. The van der Waals surface area contributed by atoms with Gasteiger partial charge >= 0.3 is 0 Å². The van der Waals surface area contributed by atoms with Gasteiger partial charge in [-0.15, -0.1) is 5.10 Å². The number of anilines is 1. The van der Waals surface area contributed by atoms with Gasteiger partial charge in [0.1, 0.15) is 0 Å². The number of para-hydroxylation sites is 1. The lowest BCUT2D eigenvalue weighted by Crippen LogP contribution is -2.27. The summed E-state index contributed by atoms with van der Waals surface area (Å²) in [6.45, 7) is 5.90. The zero-order valence-corrected chi connectivity index (χ0v) is 18.3. The van der Waals surface area contributed by atoms with E-state index in [2.05, 4.69) is 40.7 Å². The van der Waals surface area contributed by atoms with E-state index in [1.54, 1.807) is 25.3 Å². The van der Waals surface area contributed by atoms with Crippen LogP contribution in [-0.4, -0.2) is 69.6 Å². The van der Waals surface area contributed by atoms with Crippen LogP contribution in [-0.2, 0) is 6.54 Å². The SMILES string of the molecule is CCN(CC)Cc1c(C(=O)N/N=C\c2cccc(OC)c2OC)nnn1-c1nonc1N. The first-order valence-corrected chi connectivity index (χ1v) is 9.83. The van der Waals surface area contributed by atoms with Gasteiger partial charge < -0.3 is 15.2 Å². The van der Waals surface area contributed by atoms with Gasteiger partial charge in [0.2, 0.25) is 11.6 Å². The van der Waals surface area contributed by atoms with Crippen LogP contribution in [0.5, 0.6) is 11.5 Å². The zero-order chi connectivity index (χ0) is 23.1. The van der Waals surface area contributed by atoms with E-state index in [1.165, 1.54) is 18.0 Å². The summed E-state index contributed by atoms with van der Waals surface area (Å²) in [5.74, 6) is 0.682. The number of carbonyl (C=O) groups excluding carboxylic acids is 1. The van der Waals surface area contributed by atoms with E-state index < -0.39 is 5.91 Å². The number of hydrogen-bond acceptors (Lipinski definition) is 11. The molecule has 0 spiro atoms. The number of benzene rings is 1. The standard InChI is InChI=1S/C19H25N9O4/c1-5-27(6-2)11-13-15(22-26-28(13)18-17(20)24-32-25-18)19(29)23-21-10-12-8-7-9-14(30-3)16(12)31-4/h7-10H,5-6,11H2,1-4H3,(H2,20,24)(H,23,29)/b21-10-. The monoisotopic (exact) mass is 443 g/mol. The maximum atomic E-state index is 12.9. The Balaban J connectivity index is 1.87. The number of hydrazone groups is 1. The summed E-state index contributed by atoms with van der Waals surface area (Å²) >= 11 is 0. The Morgan fingerprint density at radius 2 is 2.06 bits per heavy atom. The Bertz CT molecular complexity index is 1090. The maximum Gasteiger partial charge on any atom is 0.293 e. The third-order valence-corrected chi connectivity index (χ3v) is 4.75. The number of methoxy groups -OCH3 is 2. The van der Waals surface area contributed by atoms with Crippen LogP contribution in [0.25, 0.3) is 5.82 Å². The van der Waals surface area contributed by atoms with Crippen LogP contribution in [0.15, 0.2) is 27.9 Å². The summed E-state index contributed by atoms with van der Waals surface area (Å²) in [5.41, 5.74) is 9.45. The third kappa shape index (κ3) is 4.67. The lowest BCUT2D eigenvalue weighted by molar-refractivity contribution is 0.0948. The van der Waals surface area contributed by atoms with Gasteiger partial charge in [0.15, 0.2) is 17.2 Å². The largest absolute Gasteiger partial charge is 0.493 e. The second-order valence-corrected chi connectivity index (χ2v) is 6.51. The second-order valence-electron chi connectivity index (χ2n) is 6.51. The normalized spacial score (nSPS) is 11.3. The van der Waals surface area contributed by atoms with Crippen molar-refractivity contribution in [3.8, 4) is 17.3 Å². The van der Waals surface area contributed by atoms with Gasteiger partial charge in [-0.05, 0) is 35.5 Å². The fourth-order valence-corrected chi connectivity index (χ4v) is 3.01. The highest BCUT2D eigenvalue weighted by molar-refractivity contribution is 5.94. The van der Waals surface area contributed by atoms with Crippen molar-refractivity contribution in [1.82, 2.24) is 35.6 Å². The van der Waals surface area contributed by atoms with Gasteiger partial charge in [-0.1, -0.05) is 25.1 Å². The molecule has 0 aliphatic carbocycles. The van der Waals surface area contributed by atoms with E-state index in [4.69, 9.17) is 15.2 Å². The van der Waals surface area contributed by atoms with Crippen molar-refractivity contribution >= 4 is 17.9 Å². The van der Waals surface area contributed by atoms with Gasteiger partial charge in [-0.3, -0.25) is 9.69 Å². The van der Waals surface area contributed by atoms with E-state index >= 15 is 0 Å². The molecule has 13 nitrogen and oxygen atoms in total. The number of ether oxygens (including phenoxy) is 2. The molecule has 3 N–H and O–H groups in total. The molecular formula is C19H25N9O4. The van der Waals surface area contributed by atoms with Crippen molar-refractivity contribution in [3.05, 3.63) is 35.2 Å². The first kappa shape index (κ1) is 22.7. The van der Waals surface area contributed by atoms with Crippen molar-refractivity contribution in [2.75, 3.05) is 33.0 Å². The quantitative estimate of drug-likeness (QED) is 0.340. The van der Waals surface area contributed by atoms with Crippen LogP contribution in [0.3, 0.4) is 0 Å². The molecule has 0 saturated carbocycles. The van der Waals surface area contributed by atoms with Gasteiger partial charge in [0, 0.05) is 12.1 Å². The number of rotatable bonds is 10. The maximum absolute atomic E-state index is 12.9. The van der Waals surface area contributed by atoms with Gasteiger partial charge in [0.25, 0.3) is 5.91 Å². The molecule has 3 aromatic rings. The molecule has 0 saturated heterocycles. The van der Waals surface area contributed by atoms with Crippen molar-refractivity contribution in [1.29, 1.82) is 0 Å². The topological polar surface area (TPSA) is 159 Å². The summed E-state index contributed by atoms with van der Waals surface area (Å²) in [4.78, 5) is 14.9. The molecular weight excluding hydrogens is 418 g/mol. The van der Waals surface area contributed by atoms with E-state index in [0.717, 1.165) is 13.1 Å². The van der Waals surface area contributed by atoms with Crippen LogP contribution < -0.4 is 20.6 Å². The highest BCUT2D eigenvalue weighted by atomic mass is 16.6. The minimum atomic E-state index is -0.549. The van der Waals surface area contributed by atoms with Crippen LogP contribution >= 0.6 is 0 Å². The van der Waals surface area contributed by atoms with Crippen molar-refractivity contribution < 1.29 is 18.9 Å². The molecule has 1 amide bonds.